The number of hydrazone groups is 1. The van der Waals surface area contributed by atoms with Gasteiger partial charge in [-0.2, -0.15) is 5.10 Å². The summed E-state index contributed by atoms with van der Waals surface area (Å²) in [7, 11) is 0. The molecule has 0 aromatic heterocycles. The quantitative estimate of drug-likeness (QED) is 0.241. The van der Waals surface area contributed by atoms with E-state index >= 15 is 0 Å². The Morgan fingerprint density at radius 2 is 1.71 bits per heavy atom. The largest absolute Gasteiger partial charge is 0.422 e. The Hall–Kier alpha value is -3.18. The minimum Gasteiger partial charge on any atom is -0.422 e. The summed E-state index contributed by atoms with van der Waals surface area (Å²) in [5.41, 5.74) is 3.68. The number of hydrogen-bond acceptors (Lipinski definition) is 4. The first kappa shape index (κ1) is 21.1. The zero-order valence-electron chi connectivity index (χ0n) is 17.0. The zero-order chi connectivity index (χ0) is 21.6. The van der Waals surface area contributed by atoms with Gasteiger partial charge in [-0.05, 0) is 53.9 Å². The molecule has 0 atom stereocenters. The van der Waals surface area contributed by atoms with Crippen LogP contribution in [0.3, 0.4) is 0 Å². The summed E-state index contributed by atoms with van der Waals surface area (Å²) in [5, 5.41) is 6.59. The molecule has 0 radical (unpaired) electrons. The predicted molar refractivity (Wildman–Crippen MR) is 123 cm³/mol. The Balaban J connectivity index is 1.58. The predicted octanol–water partition coefficient (Wildman–Crippen LogP) is 5.74. The summed E-state index contributed by atoms with van der Waals surface area (Å²) in [4.78, 5) is 25.0. The number of nitrogens with one attached hydrogen (secondary N) is 1. The second-order valence-electron chi connectivity index (χ2n) is 7.66. The first-order valence-corrected chi connectivity index (χ1v) is 10.8. The molecule has 6 heteroatoms. The van der Waals surface area contributed by atoms with Gasteiger partial charge in [0.2, 0.25) is 5.91 Å². The lowest BCUT2D eigenvalue weighted by molar-refractivity contribution is -0.125. The second-order valence-corrected chi connectivity index (χ2v) is 8.10. The fourth-order valence-corrected chi connectivity index (χ4v) is 3.99. The Morgan fingerprint density at radius 1 is 0.968 bits per heavy atom. The van der Waals surface area contributed by atoms with E-state index in [1.807, 2.05) is 30.3 Å². The molecular weight excluding hydrogens is 412 g/mol. The monoisotopic (exact) mass is 434 g/mol. The van der Waals surface area contributed by atoms with Crippen LogP contribution in [-0.2, 0) is 4.79 Å². The molecular formula is C25H23ClN2O3. The summed E-state index contributed by atoms with van der Waals surface area (Å²) in [6.45, 7) is 0. The Morgan fingerprint density at radius 3 is 2.48 bits per heavy atom. The maximum atomic E-state index is 12.6. The molecule has 31 heavy (non-hydrogen) atoms. The highest BCUT2D eigenvalue weighted by atomic mass is 35.5. The minimum absolute atomic E-state index is 0.0145. The van der Waals surface area contributed by atoms with E-state index in [0.717, 1.165) is 36.5 Å². The number of hydrogen-bond donors (Lipinski definition) is 1. The number of benzene rings is 3. The van der Waals surface area contributed by atoms with Crippen LogP contribution in [0.1, 0.15) is 48.0 Å². The highest BCUT2D eigenvalue weighted by Crippen LogP contribution is 2.28. The van der Waals surface area contributed by atoms with Gasteiger partial charge in [0.15, 0.2) is 0 Å². The van der Waals surface area contributed by atoms with Crippen LogP contribution in [-0.4, -0.2) is 18.1 Å². The lowest BCUT2D eigenvalue weighted by Gasteiger charge is -2.19. The summed E-state index contributed by atoms with van der Waals surface area (Å²) < 4.78 is 5.67. The van der Waals surface area contributed by atoms with Crippen LogP contribution in [0.5, 0.6) is 5.75 Å². The van der Waals surface area contributed by atoms with Crippen LogP contribution in [0.4, 0.5) is 0 Å². The van der Waals surface area contributed by atoms with Crippen molar-refractivity contribution in [2.75, 3.05) is 0 Å². The van der Waals surface area contributed by atoms with Gasteiger partial charge in [-0.25, -0.2) is 10.2 Å². The molecule has 1 amide bonds. The molecule has 3 aromatic carbocycles. The Kier molecular flexibility index (Phi) is 6.63. The molecule has 1 fully saturated rings. The molecule has 1 saturated carbocycles. The maximum absolute atomic E-state index is 12.6. The smallest absolute Gasteiger partial charge is 0.343 e. The molecule has 0 unspecified atom stereocenters. The van der Waals surface area contributed by atoms with Gasteiger partial charge in [0.05, 0.1) is 11.8 Å². The number of rotatable bonds is 5. The minimum atomic E-state index is -0.493. The molecule has 3 aromatic rings. The van der Waals surface area contributed by atoms with E-state index in [2.05, 4.69) is 10.5 Å². The summed E-state index contributed by atoms with van der Waals surface area (Å²) >= 11 is 5.90. The van der Waals surface area contributed by atoms with Crippen LogP contribution in [0.15, 0.2) is 65.8 Å². The molecule has 0 saturated heterocycles. The molecule has 4 rings (SSSR count). The van der Waals surface area contributed by atoms with Crippen molar-refractivity contribution in [1.29, 1.82) is 0 Å². The normalized spacial score (nSPS) is 14.6. The highest BCUT2D eigenvalue weighted by molar-refractivity contribution is 6.30. The summed E-state index contributed by atoms with van der Waals surface area (Å²) in [5.74, 6) is -0.168. The summed E-state index contributed by atoms with van der Waals surface area (Å²) in [6, 6.07) is 17.9. The average molecular weight is 435 g/mol. The van der Waals surface area contributed by atoms with E-state index in [9.17, 15) is 9.59 Å². The molecule has 1 aliphatic carbocycles. The van der Waals surface area contributed by atoms with Gasteiger partial charge in [0.25, 0.3) is 0 Å². The van der Waals surface area contributed by atoms with E-state index in [-0.39, 0.29) is 11.8 Å². The fourth-order valence-electron chi connectivity index (χ4n) is 3.86. The molecule has 5 nitrogen and oxygen atoms in total. The number of carbonyl (C=O) groups is 2. The SMILES string of the molecule is O=C(Oc1ccc2ccccc2c1/C=N/NC(=O)C1CCCCC1)c1ccc(Cl)cc1. The van der Waals surface area contributed by atoms with Crippen LogP contribution in [0.2, 0.25) is 5.02 Å². The van der Waals surface area contributed by atoms with E-state index in [1.165, 1.54) is 6.42 Å². The van der Waals surface area contributed by atoms with Crippen LogP contribution in [0, 0.1) is 5.92 Å². The third-order valence-corrected chi connectivity index (χ3v) is 5.81. The fraction of sp³-hybridized carbons (Fsp3) is 0.240. The summed E-state index contributed by atoms with van der Waals surface area (Å²) in [6.07, 6.45) is 6.70. The van der Waals surface area contributed by atoms with Gasteiger partial charge in [-0.15, -0.1) is 0 Å². The van der Waals surface area contributed by atoms with Crippen molar-refractivity contribution in [1.82, 2.24) is 5.43 Å². The lowest BCUT2D eigenvalue weighted by Crippen LogP contribution is -2.28. The number of carbonyl (C=O) groups excluding carboxylic acids is 2. The number of halogens is 1. The number of amides is 1. The van der Waals surface area contributed by atoms with Crippen molar-refractivity contribution >= 4 is 40.5 Å². The van der Waals surface area contributed by atoms with Crippen molar-refractivity contribution < 1.29 is 14.3 Å². The van der Waals surface area contributed by atoms with Gasteiger partial charge < -0.3 is 4.74 Å². The second kappa shape index (κ2) is 9.75. The van der Waals surface area contributed by atoms with Crippen molar-refractivity contribution in [2.24, 2.45) is 11.0 Å². The Bertz CT molecular complexity index is 1120. The van der Waals surface area contributed by atoms with Gasteiger partial charge >= 0.3 is 5.97 Å². The molecule has 1 aliphatic rings. The third-order valence-electron chi connectivity index (χ3n) is 5.56. The van der Waals surface area contributed by atoms with E-state index in [0.29, 0.717) is 21.9 Å². The standard InChI is InChI=1S/C25H23ClN2O3/c26-20-13-10-19(11-14-20)25(30)31-23-15-12-17-6-4-5-9-21(17)22(23)16-27-28-24(29)18-7-2-1-3-8-18/h4-6,9-16,18H,1-3,7-8H2,(H,28,29)/b27-16+. The first-order valence-electron chi connectivity index (χ1n) is 10.4. The Labute approximate surface area is 186 Å². The first-order chi connectivity index (χ1) is 15.1. The molecule has 1 N–H and O–H groups in total. The van der Waals surface area contributed by atoms with Crippen molar-refractivity contribution in [3.8, 4) is 5.75 Å². The van der Waals surface area contributed by atoms with E-state index in [4.69, 9.17) is 16.3 Å². The van der Waals surface area contributed by atoms with Gasteiger partial charge in [-0.3, -0.25) is 4.79 Å². The zero-order valence-corrected chi connectivity index (χ0v) is 17.8. The number of ether oxygens (including phenoxy) is 1. The van der Waals surface area contributed by atoms with Crippen LogP contribution in [0.25, 0.3) is 10.8 Å². The molecule has 0 spiro atoms. The van der Waals surface area contributed by atoms with Gasteiger partial charge in [0, 0.05) is 16.5 Å². The maximum Gasteiger partial charge on any atom is 0.343 e. The van der Waals surface area contributed by atoms with Crippen molar-refractivity contribution in [3.63, 3.8) is 0 Å². The molecule has 0 heterocycles. The average Bonchev–Trinajstić information content (AvgIpc) is 2.81. The van der Waals surface area contributed by atoms with Crippen molar-refractivity contribution in [3.05, 3.63) is 76.8 Å². The van der Waals surface area contributed by atoms with Gasteiger partial charge in [0.1, 0.15) is 5.75 Å². The van der Waals surface area contributed by atoms with Crippen LogP contribution < -0.4 is 10.2 Å². The molecule has 158 valence electrons. The lowest BCUT2D eigenvalue weighted by atomic mass is 9.89. The molecule has 0 bridgehead atoms. The van der Waals surface area contributed by atoms with Crippen LogP contribution >= 0.6 is 11.6 Å². The van der Waals surface area contributed by atoms with E-state index < -0.39 is 5.97 Å². The van der Waals surface area contributed by atoms with Crippen molar-refractivity contribution in [2.45, 2.75) is 32.1 Å². The molecule has 0 aliphatic heterocycles. The highest BCUT2D eigenvalue weighted by Gasteiger charge is 2.20. The van der Waals surface area contributed by atoms with Gasteiger partial charge in [-0.1, -0.05) is 61.2 Å². The van der Waals surface area contributed by atoms with E-state index in [1.54, 1.807) is 36.5 Å². The number of nitrogens with zero attached hydrogens (tertiary/aromatic N) is 1. The third kappa shape index (κ3) is 5.12. The number of fused-ring (bicyclic) bond motifs is 1. The number of esters is 1. The topological polar surface area (TPSA) is 67.8 Å².